The summed E-state index contributed by atoms with van der Waals surface area (Å²) in [6, 6.07) is 11.3. The molecule has 0 saturated carbocycles. The summed E-state index contributed by atoms with van der Waals surface area (Å²) in [5.41, 5.74) is 9.82. The normalized spacial score (nSPS) is 24.9. The molecule has 1 spiro atoms. The molecule has 9 nitrogen and oxygen atoms in total. The van der Waals surface area contributed by atoms with Gasteiger partial charge in [0.2, 0.25) is 11.8 Å². The predicted octanol–water partition coefficient (Wildman–Crippen LogP) is 3.13. The summed E-state index contributed by atoms with van der Waals surface area (Å²) in [4.78, 5) is 45.8. The molecule has 10 heteroatoms. The van der Waals surface area contributed by atoms with Crippen molar-refractivity contribution in [2.75, 3.05) is 54.8 Å². The van der Waals surface area contributed by atoms with Crippen molar-refractivity contribution < 1.29 is 18.8 Å². The number of carbonyl (C=O) groups excluding carboxylic acids is 3. The van der Waals surface area contributed by atoms with Gasteiger partial charge in [-0.3, -0.25) is 24.6 Å². The third-order valence-corrected chi connectivity index (χ3v) is 10.5. The van der Waals surface area contributed by atoms with Crippen LogP contribution in [0.1, 0.15) is 60.9 Å². The Morgan fingerprint density at radius 1 is 0.881 bits per heavy atom. The fourth-order valence-corrected chi connectivity index (χ4v) is 7.90. The highest BCUT2D eigenvalue weighted by atomic mass is 19.1. The number of fused-ring (bicyclic) bond motifs is 1. The summed E-state index contributed by atoms with van der Waals surface area (Å²) in [7, 11) is 0. The maximum atomic E-state index is 15.4. The molecule has 2 aromatic carbocycles. The van der Waals surface area contributed by atoms with E-state index in [9.17, 15) is 14.4 Å². The molecule has 42 heavy (non-hydrogen) atoms. The smallest absolute Gasteiger partial charge is 0.255 e. The molecule has 4 fully saturated rings. The van der Waals surface area contributed by atoms with Gasteiger partial charge < -0.3 is 20.4 Å². The van der Waals surface area contributed by atoms with Crippen molar-refractivity contribution in [1.82, 2.24) is 15.1 Å². The molecule has 1 unspecified atom stereocenters. The third-order valence-electron chi connectivity index (χ3n) is 10.5. The molecule has 4 saturated heterocycles. The number of nitrogens with one attached hydrogen (secondary N) is 1. The molecule has 0 aliphatic carbocycles. The van der Waals surface area contributed by atoms with Gasteiger partial charge in [-0.1, -0.05) is 0 Å². The Morgan fingerprint density at radius 2 is 1.60 bits per heavy atom. The second-order valence-corrected chi connectivity index (χ2v) is 12.9. The van der Waals surface area contributed by atoms with Gasteiger partial charge in [-0.05, 0) is 92.4 Å². The minimum Gasteiger partial charge on any atom is -0.399 e. The zero-order valence-electron chi connectivity index (χ0n) is 24.0. The molecule has 2 aromatic rings. The van der Waals surface area contributed by atoms with Crippen LogP contribution in [0.2, 0.25) is 0 Å². The fourth-order valence-electron chi connectivity index (χ4n) is 7.90. The molecule has 222 valence electrons. The third kappa shape index (κ3) is 4.89. The number of nitrogens with zero attached hydrogens (tertiary/aromatic N) is 4. The van der Waals surface area contributed by atoms with Crippen LogP contribution in [-0.2, 0) is 16.1 Å². The van der Waals surface area contributed by atoms with Crippen LogP contribution in [0.3, 0.4) is 0 Å². The van der Waals surface area contributed by atoms with Gasteiger partial charge >= 0.3 is 0 Å². The standard InChI is InChI=1S/C32H39FN6O3/c33-26-18-25-21(19-39(31(25)42)27-5-6-29(40)35-30(27)41)17-28(26)37-14-9-32(10-15-37)11-16-38(20-32)24-7-12-36(13-8-24)23-3-1-22(34)2-4-23/h1-4,17-18,24,27H,5-16,19-20,34H2,(H,35,40,41). The van der Waals surface area contributed by atoms with Crippen molar-refractivity contribution in [2.24, 2.45) is 5.41 Å². The Labute approximate surface area is 245 Å². The molecule has 0 bridgehead atoms. The number of hydrogen-bond donors (Lipinski definition) is 2. The van der Waals surface area contributed by atoms with Crippen LogP contribution >= 0.6 is 0 Å². The zero-order valence-corrected chi connectivity index (χ0v) is 24.0. The van der Waals surface area contributed by atoms with E-state index in [0.29, 0.717) is 23.7 Å². The fraction of sp³-hybridized carbons (Fsp3) is 0.531. The molecular weight excluding hydrogens is 535 g/mol. The number of amides is 3. The van der Waals surface area contributed by atoms with Gasteiger partial charge in [0.1, 0.15) is 11.9 Å². The van der Waals surface area contributed by atoms with E-state index < -0.39 is 11.9 Å². The number of halogens is 1. The number of hydrogen-bond acceptors (Lipinski definition) is 7. The number of nitrogens with two attached hydrogens (primary N) is 1. The van der Waals surface area contributed by atoms with E-state index in [1.807, 2.05) is 18.2 Å². The first-order valence-corrected chi connectivity index (χ1v) is 15.4. The van der Waals surface area contributed by atoms with Gasteiger partial charge in [0.05, 0.1) is 5.69 Å². The molecule has 0 radical (unpaired) electrons. The van der Waals surface area contributed by atoms with Crippen molar-refractivity contribution in [3.8, 4) is 0 Å². The van der Waals surface area contributed by atoms with Crippen LogP contribution < -0.4 is 20.9 Å². The Bertz CT molecular complexity index is 1400. The van der Waals surface area contributed by atoms with Crippen LogP contribution in [-0.4, -0.2) is 78.9 Å². The molecule has 7 rings (SSSR count). The highest BCUT2D eigenvalue weighted by Crippen LogP contribution is 2.44. The van der Waals surface area contributed by atoms with E-state index in [1.165, 1.54) is 35.9 Å². The predicted molar refractivity (Wildman–Crippen MR) is 159 cm³/mol. The highest BCUT2D eigenvalue weighted by Gasteiger charge is 2.44. The van der Waals surface area contributed by atoms with Crippen molar-refractivity contribution in [2.45, 2.75) is 63.6 Å². The average Bonchev–Trinajstić information content (AvgIpc) is 3.54. The van der Waals surface area contributed by atoms with Gasteiger partial charge in [0.15, 0.2) is 0 Å². The molecule has 1 atom stereocenters. The first kappa shape index (κ1) is 27.2. The number of benzene rings is 2. The van der Waals surface area contributed by atoms with Crippen molar-refractivity contribution >= 4 is 34.8 Å². The summed E-state index contributed by atoms with van der Waals surface area (Å²) < 4.78 is 15.4. The molecular formula is C32H39FN6O3. The second-order valence-electron chi connectivity index (χ2n) is 12.9. The number of nitrogen functional groups attached to an aromatic ring is 1. The van der Waals surface area contributed by atoms with Gasteiger partial charge in [-0.2, -0.15) is 0 Å². The zero-order chi connectivity index (χ0) is 29.0. The molecule has 3 amide bonds. The summed E-state index contributed by atoms with van der Waals surface area (Å²) in [5, 5.41) is 2.32. The number of rotatable bonds is 4. The summed E-state index contributed by atoms with van der Waals surface area (Å²) in [5.74, 6) is -1.49. The number of carbonyl (C=O) groups is 3. The lowest BCUT2D eigenvalue weighted by Crippen LogP contribution is -2.52. The van der Waals surface area contributed by atoms with Gasteiger partial charge in [-0.25, -0.2) is 4.39 Å². The van der Waals surface area contributed by atoms with Crippen LogP contribution in [0.25, 0.3) is 0 Å². The van der Waals surface area contributed by atoms with Crippen molar-refractivity contribution in [3.63, 3.8) is 0 Å². The summed E-state index contributed by atoms with van der Waals surface area (Å²) in [6.07, 6.45) is 6.10. The van der Waals surface area contributed by atoms with Crippen molar-refractivity contribution in [1.29, 1.82) is 0 Å². The van der Waals surface area contributed by atoms with Gasteiger partial charge in [0, 0.05) is 68.7 Å². The van der Waals surface area contributed by atoms with E-state index in [-0.39, 0.29) is 36.0 Å². The monoisotopic (exact) mass is 574 g/mol. The Balaban J connectivity index is 0.956. The number of piperidine rings is 3. The van der Waals surface area contributed by atoms with E-state index in [4.69, 9.17) is 5.73 Å². The number of likely N-dealkylation sites (tertiary alicyclic amines) is 1. The number of imide groups is 1. The first-order chi connectivity index (χ1) is 20.3. The molecule has 3 N–H and O–H groups in total. The maximum absolute atomic E-state index is 15.4. The SMILES string of the molecule is Nc1ccc(N2CCC(N3CCC4(CCN(c5cc6c(cc5F)C(=O)N(C5CCC(=O)NC5=O)C6)CC4)C3)CC2)cc1. The maximum Gasteiger partial charge on any atom is 0.255 e. The van der Waals surface area contributed by atoms with E-state index in [1.54, 1.807) is 0 Å². The largest absolute Gasteiger partial charge is 0.399 e. The Hall–Kier alpha value is -3.66. The van der Waals surface area contributed by atoms with E-state index in [0.717, 1.165) is 63.4 Å². The Morgan fingerprint density at radius 3 is 2.31 bits per heavy atom. The van der Waals surface area contributed by atoms with Crippen LogP contribution in [0.15, 0.2) is 36.4 Å². The van der Waals surface area contributed by atoms with Crippen molar-refractivity contribution in [3.05, 3.63) is 53.3 Å². The molecule has 5 aliphatic heterocycles. The molecule has 5 heterocycles. The average molecular weight is 575 g/mol. The first-order valence-electron chi connectivity index (χ1n) is 15.4. The second kappa shape index (κ2) is 10.6. The van der Waals surface area contributed by atoms with E-state index in [2.05, 4.69) is 32.1 Å². The van der Waals surface area contributed by atoms with Crippen LogP contribution in [0.5, 0.6) is 0 Å². The minimum absolute atomic E-state index is 0.200. The summed E-state index contributed by atoms with van der Waals surface area (Å²) in [6.45, 7) is 6.23. The minimum atomic E-state index is -0.695. The molecule has 5 aliphatic rings. The Kier molecular flexibility index (Phi) is 6.84. The topological polar surface area (TPSA) is 102 Å². The van der Waals surface area contributed by atoms with Gasteiger partial charge in [-0.15, -0.1) is 0 Å². The number of anilines is 3. The molecule has 0 aromatic heterocycles. The van der Waals surface area contributed by atoms with Gasteiger partial charge in [0.25, 0.3) is 5.91 Å². The van der Waals surface area contributed by atoms with Crippen LogP contribution in [0.4, 0.5) is 21.5 Å². The van der Waals surface area contributed by atoms with E-state index >= 15 is 4.39 Å². The lowest BCUT2D eigenvalue weighted by Gasteiger charge is -2.42. The van der Waals surface area contributed by atoms with Crippen LogP contribution in [0, 0.1) is 11.2 Å². The quantitative estimate of drug-likeness (QED) is 0.427. The lowest BCUT2D eigenvalue weighted by molar-refractivity contribution is -0.136. The summed E-state index contributed by atoms with van der Waals surface area (Å²) >= 11 is 0. The lowest BCUT2D eigenvalue weighted by atomic mass is 9.77. The highest BCUT2D eigenvalue weighted by molar-refractivity contribution is 6.05.